The molecule has 512 valence electrons. The van der Waals surface area contributed by atoms with Gasteiger partial charge in [0.2, 0.25) is 5.91 Å². The Morgan fingerprint density at radius 3 is 1.09 bits per heavy atom. The van der Waals surface area contributed by atoms with E-state index in [0.29, 0.717) is 6.42 Å². The van der Waals surface area contributed by atoms with Crippen LogP contribution in [0, 0.1) is 0 Å². The van der Waals surface area contributed by atoms with Crippen molar-refractivity contribution in [3.8, 4) is 0 Å². The van der Waals surface area contributed by atoms with Gasteiger partial charge in [0.1, 0.15) is 24.4 Å². The van der Waals surface area contributed by atoms with E-state index >= 15 is 0 Å². The molecular weight excluding hydrogens is 1090 g/mol. The standard InChI is InChI=1S/C79H143NO8/c1-3-5-7-9-11-13-15-17-19-21-23-25-27-29-31-32-33-34-35-36-37-38-39-40-41-42-43-45-47-49-51-53-55-57-59-61-63-65-67-69-75(83)80-72(71-87-79-78(86)77(85)76(84)74(70-81)88-79)73(82)68-66-64-62-60-58-56-54-52-50-48-46-44-30-28-26-24-22-20-18-16-14-12-10-8-6-4-2/h5,7,11,13,17,19,23,25,50,52,58,60,66,68,72-74,76-79,81-82,84-86H,3-4,6,8-10,12,14-16,18,20-22,24,26-49,51,53-57,59,61-65,67,69-71H2,1-2H3,(H,80,83)/b7-5-,13-11-,19-17-,25-23-,52-50+,60-58+,68-66+. The molecule has 0 aliphatic carbocycles. The summed E-state index contributed by atoms with van der Waals surface area (Å²) in [6.07, 6.45) is 90.1. The van der Waals surface area contributed by atoms with E-state index in [2.05, 4.69) is 92.1 Å². The first-order valence-corrected chi connectivity index (χ1v) is 37.8. The Kier molecular flexibility index (Phi) is 63.7. The summed E-state index contributed by atoms with van der Waals surface area (Å²) in [4.78, 5) is 13.1. The first-order chi connectivity index (χ1) is 43.3. The van der Waals surface area contributed by atoms with E-state index in [-0.39, 0.29) is 12.5 Å². The third-order valence-corrected chi connectivity index (χ3v) is 17.7. The molecule has 1 fully saturated rings. The number of allylic oxidation sites excluding steroid dienone is 13. The summed E-state index contributed by atoms with van der Waals surface area (Å²) in [6.45, 7) is 3.69. The maximum absolute atomic E-state index is 13.1. The molecule has 1 heterocycles. The number of amides is 1. The zero-order valence-corrected chi connectivity index (χ0v) is 57.5. The molecule has 7 unspecified atom stereocenters. The summed E-state index contributed by atoms with van der Waals surface area (Å²) in [5.41, 5.74) is 0. The average molecular weight is 1240 g/mol. The van der Waals surface area contributed by atoms with Crippen LogP contribution in [0.4, 0.5) is 0 Å². The number of rotatable bonds is 66. The molecule has 9 heteroatoms. The summed E-state index contributed by atoms with van der Waals surface area (Å²) in [5.74, 6) is -0.185. The number of ether oxygens (including phenoxy) is 2. The fraction of sp³-hybridized carbons (Fsp3) is 0.810. The van der Waals surface area contributed by atoms with E-state index in [4.69, 9.17) is 9.47 Å². The predicted molar refractivity (Wildman–Crippen MR) is 378 cm³/mol. The number of aliphatic hydroxyl groups excluding tert-OH is 5. The van der Waals surface area contributed by atoms with Crippen LogP contribution in [-0.4, -0.2) is 87.5 Å². The largest absolute Gasteiger partial charge is 0.394 e. The molecule has 0 radical (unpaired) electrons. The molecule has 0 bridgehead atoms. The van der Waals surface area contributed by atoms with Gasteiger partial charge >= 0.3 is 0 Å². The van der Waals surface area contributed by atoms with E-state index in [1.807, 2.05) is 6.08 Å². The fourth-order valence-corrected chi connectivity index (χ4v) is 11.8. The highest BCUT2D eigenvalue weighted by molar-refractivity contribution is 5.76. The zero-order valence-electron chi connectivity index (χ0n) is 57.5. The van der Waals surface area contributed by atoms with Crippen LogP contribution in [-0.2, 0) is 14.3 Å². The normalized spacial score (nSPS) is 18.4. The van der Waals surface area contributed by atoms with Crippen molar-refractivity contribution in [1.29, 1.82) is 0 Å². The van der Waals surface area contributed by atoms with Crippen LogP contribution in [0.2, 0.25) is 0 Å². The summed E-state index contributed by atoms with van der Waals surface area (Å²) < 4.78 is 11.3. The highest BCUT2D eigenvalue weighted by atomic mass is 16.7. The number of hydrogen-bond donors (Lipinski definition) is 6. The van der Waals surface area contributed by atoms with E-state index in [1.165, 1.54) is 263 Å². The second-order valence-corrected chi connectivity index (χ2v) is 26.0. The van der Waals surface area contributed by atoms with Gasteiger partial charge in [0.05, 0.1) is 25.4 Å². The molecule has 1 amide bonds. The van der Waals surface area contributed by atoms with E-state index in [9.17, 15) is 30.3 Å². The minimum Gasteiger partial charge on any atom is -0.394 e. The van der Waals surface area contributed by atoms with Gasteiger partial charge < -0.3 is 40.3 Å². The van der Waals surface area contributed by atoms with Gasteiger partial charge in [-0.2, -0.15) is 0 Å². The van der Waals surface area contributed by atoms with Crippen molar-refractivity contribution < 1.29 is 39.8 Å². The Morgan fingerprint density at radius 1 is 0.398 bits per heavy atom. The topological polar surface area (TPSA) is 149 Å². The van der Waals surface area contributed by atoms with Gasteiger partial charge in [-0.3, -0.25) is 4.79 Å². The van der Waals surface area contributed by atoms with Crippen LogP contribution in [0.5, 0.6) is 0 Å². The van der Waals surface area contributed by atoms with Gasteiger partial charge in [-0.25, -0.2) is 0 Å². The van der Waals surface area contributed by atoms with E-state index in [1.54, 1.807) is 6.08 Å². The predicted octanol–water partition coefficient (Wildman–Crippen LogP) is 21.3. The SMILES string of the molecule is CC/C=C\C/C=C\C/C=C\C/C=C\CCCCCCCCCCCCCCCCCCCCCCCCCCCCC(=O)NC(COC1OC(CO)C(O)C(O)C1O)C(O)/C=C/CC/C=C/CC/C=C/CCCCCCCCCCCCCCCCCC. The molecule has 7 atom stereocenters. The molecule has 0 spiro atoms. The lowest BCUT2D eigenvalue weighted by Crippen LogP contribution is -2.60. The van der Waals surface area contributed by atoms with Gasteiger partial charge in [-0.1, -0.05) is 349 Å². The van der Waals surface area contributed by atoms with Gasteiger partial charge in [-0.15, -0.1) is 0 Å². The van der Waals surface area contributed by atoms with Gasteiger partial charge in [0.15, 0.2) is 6.29 Å². The summed E-state index contributed by atoms with van der Waals surface area (Å²) >= 11 is 0. The molecule has 6 N–H and O–H groups in total. The monoisotopic (exact) mass is 1230 g/mol. The minimum absolute atomic E-state index is 0.185. The Labute approximate surface area is 543 Å². The van der Waals surface area contributed by atoms with Crippen LogP contribution in [0.25, 0.3) is 0 Å². The van der Waals surface area contributed by atoms with Crippen LogP contribution in [0.15, 0.2) is 85.1 Å². The Balaban J connectivity index is 2.09. The Morgan fingerprint density at radius 2 is 0.716 bits per heavy atom. The summed E-state index contributed by atoms with van der Waals surface area (Å²) in [7, 11) is 0. The first-order valence-electron chi connectivity index (χ1n) is 37.8. The second kappa shape index (κ2) is 67.3. The lowest BCUT2D eigenvalue weighted by Gasteiger charge is -2.40. The molecule has 9 nitrogen and oxygen atoms in total. The first kappa shape index (κ1) is 83.4. The molecule has 0 aromatic heterocycles. The van der Waals surface area contributed by atoms with Crippen molar-refractivity contribution in [2.45, 2.75) is 397 Å². The molecule has 0 aromatic carbocycles. The van der Waals surface area contributed by atoms with E-state index < -0.39 is 49.5 Å². The second-order valence-electron chi connectivity index (χ2n) is 26.0. The van der Waals surface area contributed by atoms with Crippen LogP contribution in [0.3, 0.4) is 0 Å². The third-order valence-electron chi connectivity index (χ3n) is 17.7. The zero-order chi connectivity index (χ0) is 63.5. The van der Waals surface area contributed by atoms with Crippen LogP contribution < -0.4 is 5.32 Å². The Hall–Kier alpha value is -2.63. The maximum Gasteiger partial charge on any atom is 0.220 e. The van der Waals surface area contributed by atoms with Crippen molar-refractivity contribution in [3.63, 3.8) is 0 Å². The molecule has 1 aliphatic heterocycles. The number of aliphatic hydroxyl groups is 5. The number of carbonyl (C=O) groups excluding carboxylic acids is 1. The molecule has 1 rings (SSSR count). The molecule has 1 saturated heterocycles. The van der Waals surface area contributed by atoms with Crippen molar-refractivity contribution in [2.24, 2.45) is 0 Å². The number of unbranched alkanes of at least 4 members (excludes halogenated alkanes) is 44. The Bertz CT molecular complexity index is 1670. The average Bonchev–Trinajstić information content (AvgIpc) is 3.65. The minimum atomic E-state index is -1.58. The molecular formula is C79H143NO8. The van der Waals surface area contributed by atoms with Gasteiger partial charge in [0, 0.05) is 6.42 Å². The third kappa shape index (κ3) is 55.0. The van der Waals surface area contributed by atoms with E-state index in [0.717, 1.165) is 70.6 Å². The van der Waals surface area contributed by atoms with Crippen molar-refractivity contribution in [1.82, 2.24) is 5.32 Å². The lowest BCUT2D eigenvalue weighted by atomic mass is 9.99. The van der Waals surface area contributed by atoms with Crippen LogP contribution in [0.1, 0.15) is 354 Å². The van der Waals surface area contributed by atoms with Crippen molar-refractivity contribution >= 4 is 5.91 Å². The molecule has 0 aromatic rings. The molecule has 88 heavy (non-hydrogen) atoms. The highest BCUT2D eigenvalue weighted by Crippen LogP contribution is 2.23. The fourth-order valence-electron chi connectivity index (χ4n) is 11.8. The lowest BCUT2D eigenvalue weighted by molar-refractivity contribution is -0.302. The van der Waals surface area contributed by atoms with Crippen LogP contribution >= 0.6 is 0 Å². The quantitative estimate of drug-likeness (QED) is 0.0261. The molecule has 1 aliphatic rings. The smallest absolute Gasteiger partial charge is 0.220 e. The summed E-state index contributed by atoms with van der Waals surface area (Å²) in [5, 5.41) is 54.8. The highest BCUT2D eigenvalue weighted by Gasteiger charge is 2.44. The molecule has 0 saturated carbocycles. The van der Waals surface area contributed by atoms with Gasteiger partial charge in [0.25, 0.3) is 0 Å². The van der Waals surface area contributed by atoms with Crippen molar-refractivity contribution in [2.75, 3.05) is 13.2 Å². The number of hydrogen-bond acceptors (Lipinski definition) is 8. The van der Waals surface area contributed by atoms with Gasteiger partial charge in [-0.05, 0) is 83.5 Å². The number of carbonyl (C=O) groups is 1. The number of nitrogens with one attached hydrogen (secondary N) is 1. The van der Waals surface area contributed by atoms with Crippen molar-refractivity contribution in [3.05, 3.63) is 85.1 Å². The maximum atomic E-state index is 13.1. The summed E-state index contributed by atoms with van der Waals surface area (Å²) in [6, 6.07) is -0.831.